The summed E-state index contributed by atoms with van der Waals surface area (Å²) in [5.41, 5.74) is 2.01. The predicted octanol–water partition coefficient (Wildman–Crippen LogP) is 3.17. The number of carbonyl (C=O) groups is 1. The van der Waals surface area contributed by atoms with Gasteiger partial charge in [-0.1, -0.05) is 32.4 Å². The van der Waals surface area contributed by atoms with Gasteiger partial charge in [-0.15, -0.1) is 0 Å². The fraction of sp³-hybridized carbons (Fsp3) is 0.588. The summed E-state index contributed by atoms with van der Waals surface area (Å²) in [7, 11) is 0. The van der Waals surface area contributed by atoms with Gasteiger partial charge in [0.1, 0.15) is 0 Å². The summed E-state index contributed by atoms with van der Waals surface area (Å²) >= 11 is 0. The molecule has 0 spiro atoms. The van der Waals surface area contributed by atoms with Crippen molar-refractivity contribution >= 4 is 5.91 Å². The summed E-state index contributed by atoms with van der Waals surface area (Å²) in [6.07, 6.45) is 5.30. The van der Waals surface area contributed by atoms with Crippen molar-refractivity contribution in [3.63, 3.8) is 0 Å². The topological polar surface area (TPSA) is 49.3 Å². The second kappa shape index (κ2) is 9.54. The molecule has 1 amide bonds. The number of hydrogen-bond donors (Lipinski definition) is 2. The van der Waals surface area contributed by atoms with Crippen LogP contribution in [0.25, 0.3) is 0 Å². The molecule has 1 unspecified atom stereocenters. The number of unbranched alkanes of at least 4 members (excludes halogenated alkanes) is 1. The van der Waals surface area contributed by atoms with Crippen molar-refractivity contribution in [2.75, 3.05) is 13.2 Å². The van der Waals surface area contributed by atoms with Crippen molar-refractivity contribution in [3.05, 3.63) is 35.4 Å². The fourth-order valence-corrected chi connectivity index (χ4v) is 2.05. The average molecular weight is 277 g/mol. The van der Waals surface area contributed by atoms with E-state index in [0.717, 1.165) is 24.8 Å². The van der Waals surface area contributed by atoms with Gasteiger partial charge in [-0.05, 0) is 49.3 Å². The third-order valence-corrected chi connectivity index (χ3v) is 3.51. The Morgan fingerprint density at radius 3 is 2.55 bits per heavy atom. The minimum Gasteiger partial charge on any atom is -0.396 e. The largest absolute Gasteiger partial charge is 0.396 e. The second-order valence-corrected chi connectivity index (χ2v) is 5.49. The molecule has 20 heavy (non-hydrogen) atoms. The molecule has 3 heteroatoms. The molecular formula is C17H27NO2. The summed E-state index contributed by atoms with van der Waals surface area (Å²) in [5.74, 6) is 0.299. The zero-order valence-electron chi connectivity index (χ0n) is 12.7. The highest BCUT2D eigenvalue weighted by atomic mass is 16.3. The number of amides is 1. The monoisotopic (exact) mass is 277 g/mol. The van der Waals surface area contributed by atoms with E-state index in [0.29, 0.717) is 12.5 Å². The summed E-state index contributed by atoms with van der Waals surface area (Å²) in [4.78, 5) is 11.9. The van der Waals surface area contributed by atoms with Crippen LogP contribution in [0.1, 0.15) is 55.5 Å². The molecule has 0 saturated carbocycles. The van der Waals surface area contributed by atoms with E-state index in [-0.39, 0.29) is 12.5 Å². The van der Waals surface area contributed by atoms with E-state index in [1.807, 2.05) is 31.2 Å². The molecule has 0 radical (unpaired) electrons. The SMILES string of the molecule is CCCCc1ccc(C(=O)NCCCC(C)CO)cc1. The molecule has 1 atom stereocenters. The molecule has 0 bridgehead atoms. The smallest absolute Gasteiger partial charge is 0.251 e. The lowest BCUT2D eigenvalue weighted by molar-refractivity contribution is 0.0952. The number of aryl methyl sites for hydroxylation is 1. The van der Waals surface area contributed by atoms with Crippen LogP contribution in [0.2, 0.25) is 0 Å². The van der Waals surface area contributed by atoms with E-state index >= 15 is 0 Å². The Labute approximate surface area is 122 Å². The molecule has 1 aromatic carbocycles. The zero-order valence-corrected chi connectivity index (χ0v) is 12.7. The third-order valence-electron chi connectivity index (χ3n) is 3.51. The Kier molecular flexibility index (Phi) is 7.97. The average Bonchev–Trinajstić information content (AvgIpc) is 2.49. The van der Waals surface area contributed by atoms with Crippen molar-refractivity contribution in [1.29, 1.82) is 0 Å². The van der Waals surface area contributed by atoms with Crippen LogP contribution < -0.4 is 5.32 Å². The van der Waals surface area contributed by atoms with Crippen LogP contribution in [-0.2, 0) is 6.42 Å². The molecule has 0 heterocycles. The quantitative estimate of drug-likeness (QED) is 0.681. The number of nitrogens with one attached hydrogen (secondary N) is 1. The third kappa shape index (κ3) is 6.20. The maximum Gasteiger partial charge on any atom is 0.251 e. The van der Waals surface area contributed by atoms with Gasteiger partial charge in [-0.25, -0.2) is 0 Å². The van der Waals surface area contributed by atoms with E-state index in [4.69, 9.17) is 5.11 Å². The van der Waals surface area contributed by atoms with Gasteiger partial charge in [0.15, 0.2) is 0 Å². The Bertz CT molecular complexity index is 386. The van der Waals surface area contributed by atoms with Gasteiger partial charge >= 0.3 is 0 Å². The maximum absolute atomic E-state index is 11.9. The molecule has 1 rings (SSSR count). The molecule has 2 N–H and O–H groups in total. The Morgan fingerprint density at radius 2 is 1.95 bits per heavy atom. The molecular weight excluding hydrogens is 250 g/mol. The van der Waals surface area contributed by atoms with Gasteiger partial charge < -0.3 is 10.4 Å². The molecule has 0 aliphatic heterocycles. The van der Waals surface area contributed by atoms with Gasteiger partial charge in [0.2, 0.25) is 0 Å². The molecule has 0 aliphatic carbocycles. The van der Waals surface area contributed by atoms with Gasteiger partial charge in [0.05, 0.1) is 0 Å². The molecule has 1 aromatic rings. The molecule has 3 nitrogen and oxygen atoms in total. The van der Waals surface area contributed by atoms with Crippen molar-refractivity contribution in [1.82, 2.24) is 5.32 Å². The number of benzene rings is 1. The summed E-state index contributed by atoms with van der Waals surface area (Å²) in [6, 6.07) is 7.88. The first-order valence-corrected chi connectivity index (χ1v) is 7.65. The summed E-state index contributed by atoms with van der Waals surface area (Å²) in [5, 5.41) is 11.8. The minimum atomic E-state index is -0.0105. The van der Waals surface area contributed by atoms with Crippen LogP contribution in [-0.4, -0.2) is 24.2 Å². The fourth-order valence-electron chi connectivity index (χ4n) is 2.05. The second-order valence-electron chi connectivity index (χ2n) is 5.49. The zero-order chi connectivity index (χ0) is 14.8. The molecule has 0 aromatic heterocycles. The summed E-state index contributed by atoms with van der Waals surface area (Å²) < 4.78 is 0. The standard InChI is InChI=1S/C17H27NO2/c1-3-4-7-15-8-10-16(11-9-15)17(20)18-12-5-6-14(2)13-19/h8-11,14,19H,3-7,12-13H2,1-2H3,(H,18,20). The van der Waals surface area contributed by atoms with Gasteiger partial charge in [-0.2, -0.15) is 0 Å². The van der Waals surface area contributed by atoms with Crippen LogP contribution in [0.15, 0.2) is 24.3 Å². The number of aliphatic hydroxyl groups excluding tert-OH is 1. The Balaban J connectivity index is 2.32. The van der Waals surface area contributed by atoms with E-state index in [1.54, 1.807) is 0 Å². The van der Waals surface area contributed by atoms with Crippen LogP contribution in [0.5, 0.6) is 0 Å². The Hall–Kier alpha value is -1.35. The number of rotatable bonds is 9. The minimum absolute atomic E-state index is 0.0105. The number of aliphatic hydroxyl groups is 1. The van der Waals surface area contributed by atoms with Gasteiger partial charge in [-0.3, -0.25) is 4.79 Å². The first-order valence-electron chi connectivity index (χ1n) is 7.65. The highest BCUT2D eigenvalue weighted by Gasteiger charge is 2.05. The van der Waals surface area contributed by atoms with E-state index in [9.17, 15) is 4.79 Å². The summed E-state index contributed by atoms with van der Waals surface area (Å²) in [6.45, 7) is 5.07. The molecule has 0 aliphatic rings. The van der Waals surface area contributed by atoms with Crippen LogP contribution in [0.4, 0.5) is 0 Å². The van der Waals surface area contributed by atoms with Gasteiger partial charge in [0, 0.05) is 18.7 Å². The van der Waals surface area contributed by atoms with Crippen LogP contribution >= 0.6 is 0 Å². The van der Waals surface area contributed by atoms with E-state index in [1.165, 1.54) is 18.4 Å². The first kappa shape index (κ1) is 16.7. The highest BCUT2D eigenvalue weighted by molar-refractivity contribution is 5.94. The molecule has 0 fully saturated rings. The van der Waals surface area contributed by atoms with Crippen molar-refractivity contribution in [2.45, 2.75) is 46.0 Å². The Morgan fingerprint density at radius 1 is 1.25 bits per heavy atom. The lowest BCUT2D eigenvalue weighted by Crippen LogP contribution is -2.24. The molecule has 0 saturated heterocycles. The normalized spacial score (nSPS) is 12.2. The van der Waals surface area contributed by atoms with Crippen molar-refractivity contribution in [3.8, 4) is 0 Å². The predicted molar refractivity (Wildman–Crippen MR) is 82.9 cm³/mol. The number of carbonyl (C=O) groups excluding carboxylic acids is 1. The first-order chi connectivity index (χ1) is 9.67. The van der Waals surface area contributed by atoms with Crippen molar-refractivity contribution < 1.29 is 9.90 Å². The van der Waals surface area contributed by atoms with E-state index in [2.05, 4.69) is 12.2 Å². The van der Waals surface area contributed by atoms with E-state index < -0.39 is 0 Å². The van der Waals surface area contributed by atoms with Gasteiger partial charge in [0.25, 0.3) is 5.91 Å². The maximum atomic E-state index is 11.9. The number of hydrogen-bond acceptors (Lipinski definition) is 2. The van der Waals surface area contributed by atoms with Crippen LogP contribution in [0, 0.1) is 5.92 Å². The molecule has 112 valence electrons. The lowest BCUT2D eigenvalue weighted by Gasteiger charge is -2.09. The highest BCUT2D eigenvalue weighted by Crippen LogP contribution is 2.08. The van der Waals surface area contributed by atoms with Crippen molar-refractivity contribution in [2.24, 2.45) is 5.92 Å². The van der Waals surface area contributed by atoms with Crippen LogP contribution in [0.3, 0.4) is 0 Å². The lowest BCUT2D eigenvalue weighted by atomic mass is 10.1.